The second-order valence-electron chi connectivity index (χ2n) is 9.62. The summed E-state index contributed by atoms with van der Waals surface area (Å²) in [6.45, 7) is 1.81. The molecule has 0 saturated carbocycles. The van der Waals surface area contributed by atoms with Crippen molar-refractivity contribution in [3.05, 3.63) is 120 Å². The molecule has 0 fully saturated rings. The second kappa shape index (κ2) is 15.3. The van der Waals surface area contributed by atoms with Crippen LogP contribution in [0.4, 0.5) is 10.1 Å². The number of para-hydroxylation sites is 1. The van der Waals surface area contributed by atoms with Crippen LogP contribution in [-0.2, 0) is 21.4 Å². The van der Waals surface area contributed by atoms with E-state index in [0.717, 1.165) is 23.3 Å². The van der Waals surface area contributed by atoms with Crippen molar-refractivity contribution < 1.29 is 46.4 Å². The maximum absolute atomic E-state index is 13.8. The summed E-state index contributed by atoms with van der Waals surface area (Å²) in [4.78, 5) is 25.0. The van der Waals surface area contributed by atoms with Crippen molar-refractivity contribution in [1.82, 2.24) is 5.32 Å². The maximum Gasteiger partial charge on any atom is 1.00 e. The van der Waals surface area contributed by atoms with Gasteiger partial charge in [0.25, 0.3) is 15.9 Å². The fraction of sp³-hybridized carbons (Fsp3) is 0.188. The number of sulfonamides is 1. The zero-order valence-corrected chi connectivity index (χ0v) is 25.8. The second-order valence-corrected chi connectivity index (χ2v) is 12.5. The van der Waals surface area contributed by atoms with Crippen molar-refractivity contribution in [2.24, 2.45) is 0 Å². The van der Waals surface area contributed by atoms with Gasteiger partial charge in [0, 0.05) is 5.56 Å². The molecular formula is C32H30FLiN2O5S2. The van der Waals surface area contributed by atoms with Gasteiger partial charge in [-0.25, -0.2) is 12.8 Å². The minimum Gasteiger partial charge on any atom is -0.548 e. The van der Waals surface area contributed by atoms with E-state index in [1.807, 2.05) is 37.4 Å². The molecule has 4 aromatic carbocycles. The van der Waals surface area contributed by atoms with Crippen molar-refractivity contribution in [1.29, 1.82) is 0 Å². The number of nitrogens with zero attached hydrogens (tertiary/aromatic N) is 1. The molecule has 1 amide bonds. The largest absolute Gasteiger partial charge is 1.00 e. The molecule has 7 nitrogen and oxygen atoms in total. The van der Waals surface area contributed by atoms with Crippen molar-refractivity contribution in [2.45, 2.75) is 30.8 Å². The van der Waals surface area contributed by atoms with Crippen LogP contribution in [0.3, 0.4) is 0 Å². The molecule has 0 radical (unpaired) electrons. The van der Waals surface area contributed by atoms with Crippen LogP contribution in [0.5, 0.6) is 0 Å². The first-order chi connectivity index (χ1) is 20.1. The molecule has 0 spiro atoms. The van der Waals surface area contributed by atoms with E-state index in [1.165, 1.54) is 28.2 Å². The van der Waals surface area contributed by atoms with Crippen LogP contribution in [0.15, 0.2) is 102 Å². The minimum atomic E-state index is -4.10. The van der Waals surface area contributed by atoms with E-state index in [-0.39, 0.29) is 42.3 Å². The van der Waals surface area contributed by atoms with Crippen LogP contribution < -0.4 is 33.6 Å². The summed E-state index contributed by atoms with van der Waals surface area (Å²) < 4.78 is 42.4. The van der Waals surface area contributed by atoms with Crippen molar-refractivity contribution in [2.75, 3.05) is 16.3 Å². The number of hydrogen-bond acceptors (Lipinski definition) is 6. The summed E-state index contributed by atoms with van der Waals surface area (Å²) in [5.41, 5.74) is 3.38. The van der Waals surface area contributed by atoms with Gasteiger partial charge in [0.05, 0.1) is 29.1 Å². The number of aliphatic carboxylic acids is 1. The molecule has 0 bridgehead atoms. The number of benzene rings is 4. The minimum absolute atomic E-state index is 0. The Kier molecular flexibility index (Phi) is 12.0. The number of halogens is 1. The van der Waals surface area contributed by atoms with Crippen LogP contribution in [-0.4, -0.2) is 38.3 Å². The SMILES string of the molecule is CSCCC(NC(=O)c1ccc(CN(c2ccccc2)S(=O)(=O)c2ccc(F)cc2)cc1-c1ccccc1C)C(=O)[O-].[Li+]. The first kappa shape index (κ1) is 33.9. The monoisotopic (exact) mass is 612 g/mol. The van der Waals surface area contributed by atoms with Gasteiger partial charge in [-0.2, -0.15) is 11.8 Å². The number of hydrogen-bond donors (Lipinski definition) is 1. The maximum atomic E-state index is 13.8. The predicted octanol–water partition coefficient (Wildman–Crippen LogP) is 1.80. The third kappa shape index (κ3) is 8.30. The van der Waals surface area contributed by atoms with Gasteiger partial charge in [-0.1, -0.05) is 48.5 Å². The molecule has 4 aromatic rings. The van der Waals surface area contributed by atoms with Crippen molar-refractivity contribution in [3.8, 4) is 11.1 Å². The normalized spacial score (nSPS) is 11.7. The van der Waals surface area contributed by atoms with Gasteiger partial charge in [-0.05, 0) is 96.1 Å². The van der Waals surface area contributed by atoms with Crippen molar-refractivity contribution >= 4 is 39.3 Å². The Bertz CT molecular complexity index is 1670. The third-order valence-electron chi connectivity index (χ3n) is 6.74. The first-order valence-corrected chi connectivity index (χ1v) is 16.0. The molecule has 0 aliphatic carbocycles. The average molecular weight is 613 g/mol. The Morgan fingerprint density at radius 2 is 1.58 bits per heavy atom. The summed E-state index contributed by atoms with van der Waals surface area (Å²) >= 11 is 1.46. The number of aryl methyl sites for hydroxylation is 1. The number of thioether (sulfide) groups is 1. The standard InChI is InChI=1S/C32H31FN2O5S2.Li/c1-22-8-6-7-11-27(22)29-20-23(12-17-28(29)31(36)34-30(32(37)38)18-19-41-2)21-35(25-9-4-3-5-10-25)42(39,40)26-15-13-24(33)14-16-26;/h3-17,20,30H,18-19,21H2,1-2H3,(H,34,36)(H,37,38);/q;+1/p-1. The van der Waals surface area contributed by atoms with Crippen LogP contribution in [0.1, 0.15) is 27.9 Å². The summed E-state index contributed by atoms with van der Waals surface area (Å²) in [6, 6.07) is 24.4. The number of carboxylic acid groups (broad SMARTS) is 1. The van der Waals surface area contributed by atoms with Gasteiger partial charge in [-0.15, -0.1) is 0 Å². The van der Waals surface area contributed by atoms with Crippen LogP contribution in [0, 0.1) is 12.7 Å². The Balaban J connectivity index is 0.00000506. The molecule has 0 aliphatic rings. The number of amides is 1. The number of carbonyl (C=O) groups is 2. The summed E-state index contributed by atoms with van der Waals surface area (Å²) in [5, 5.41) is 14.3. The molecule has 0 aliphatic heterocycles. The average Bonchev–Trinajstić information content (AvgIpc) is 2.98. The first-order valence-electron chi connectivity index (χ1n) is 13.1. The van der Waals surface area contributed by atoms with Gasteiger partial charge in [0.2, 0.25) is 0 Å². The van der Waals surface area contributed by atoms with Gasteiger partial charge < -0.3 is 15.2 Å². The van der Waals surface area contributed by atoms with Crippen LogP contribution >= 0.6 is 11.8 Å². The zero-order valence-electron chi connectivity index (χ0n) is 24.1. The fourth-order valence-electron chi connectivity index (χ4n) is 4.52. The number of nitrogens with one attached hydrogen (secondary N) is 1. The quantitative estimate of drug-likeness (QED) is 0.245. The zero-order chi connectivity index (χ0) is 30.3. The molecule has 1 unspecified atom stereocenters. The third-order valence-corrected chi connectivity index (χ3v) is 9.17. The van der Waals surface area contributed by atoms with Crippen LogP contribution in [0.25, 0.3) is 11.1 Å². The van der Waals surface area contributed by atoms with E-state index in [4.69, 9.17) is 0 Å². The number of carbonyl (C=O) groups excluding carboxylic acids is 2. The molecule has 43 heavy (non-hydrogen) atoms. The number of rotatable bonds is 12. The van der Waals surface area contributed by atoms with E-state index in [9.17, 15) is 27.5 Å². The Morgan fingerprint density at radius 1 is 0.930 bits per heavy atom. The molecule has 218 valence electrons. The molecule has 0 aromatic heterocycles. The molecule has 0 heterocycles. The molecule has 4 rings (SSSR count). The molecule has 1 atom stereocenters. The Hall–Kier alpha value is -3.55. The molecule has 0 saturated heterocycles. The number of anilines is 1. The smallest absolute Gasteiger partial charge is 0.548 e. The summed E-state index contributed by atoms with van der Waals surface area (Å²) in [7, 11) is -4.10. The number of carboxylic acids is 1. The van der Waals surface area contributed by atoms with Gasteiger partial charge in [-0.3, -0.25) is 9.10 Å². The predicted molar refractivity (Wildman–Crippen MR) is 162 cm³/mol. The molecule has 1 N–H and O–H groups in total. The van der Waals surface area contributed by atoms with Crippen LogP contribution in [0.2, 0.25) is 0 Å². The van der Waals surface area contributed by atoms with E-state index < -0.39 is 33.8 Å². The van der Waals surface area contributed by atoms with Gasteiger partial charge in [0.1, 0.15) is 5.82 Å². The Morgan fingerprint density at radius 3 is 2.21 bits per heavy atom. The fourth-order valence-corrected chi connectivity index (χ4v) is 6.44. The molecular weight excluding hydrogens is 582 g/mol. The summed E-state index contributed by atoms with van der Waals surface area (Å²) in [6.07, 6.45) is 2.05. The Labute approximate surface area is 267 Å². The van der Waals surface area contributed by atoms with E-state index in [2.05, 4.69) is 5.32 Å². The summed E-state index contributed by atoms with van der Waals surface area (Å²) in [5.74, 6) is -1.96. The van der Waals surface area contributed by atoms with Gasteiger partial charge >= 0.3 is 18.9 Å². The van der Waals surface area contributed by atoms with E-state index in [0.29, 0.717) is 22.6 Å². The molecule has 11 heteroatoms. The van der Waals surface area contributed by atoms with E-state index >= 15 is 0 Å². The topological polar surface area (TPSA) is 107 Å². The van der Waals surface area contributed by atoms with E-state index in [1.54, 1.807) is 48.5 Å². The van der Waals surface area contributed by atoms with Gasteiger partial charge in [0.15, 0.2) is 0 Å². The van der Waals surface area contributed by atoms with Crippen molar-refractivity contribution in [3.63, 3.8) is 0 Å².